The number of carbonyl (C=O) groups is 1. The molecular formula is C18H16F3NO. The van der Waals surface area contributed by atoms with E-state index in [1.54, 1.807) is 17.0 Å². The number of halogens is 3. The van der Waals surface area contributed by atoms with E-state index in [1.165, 1.54) is 12.1 Å². The molecule has 120 valence electrons. The Kier molecular flexibility index (Phi) is 4.37. The van der Waals surface area contributed by atoms with Gasteiger partial charge in [0.15, 0.2) is 0 Å². The van der Waals surface area contributed by atoms with Crippen molar-refractivity contribution in [1.29, 1.82) is 0 Å². The molecule has 3 rings (SSSR count). The van der Waals surface area contributed by atoms with E-state index in [2.05, 4.69) is 0 Å². The summed E-state index contributed by atoms with van der Waals surface area (Å²) < 4.78 is 40.4. The minimum absolute atomic E-state index is 0.158. The predicted molar refractivity (Wildman–Crippen MR) is 80.4 cm³/mol. The zero-order valence-electron chi connectivity index (χ0n) is 12.4. The van der Waals surface area contributed by atoms with Crippen LogP contribution in [0.15, 0.2) is 42.5 Å². The van der Waals surface area contributed by atoms with Gasteiger partial charge in [0.25, 0.3) is 5.91 Å². The summed E-state index contributed by atoms with van der Waals surface area (Å²) >= 11 is 0. The summed E-state index contributed by atoms with van der Waals surface area (Å²) in [6.45, 7) is 0.469. The molecule has 1 amide bonds. The van der Waals surface area contributed by atoms with Gasteiger partial charge in [0.05, 0.1) is 11.6 Å². The second-order valence-electron chi connectivity index (χ2n) is 5.69. The van der Waals surface area contributed by atoms with E-state index in [0.29, 0.717) is 24.6 Å². The highest BCUT2D eigenvalue weighted by Crippen LogP contribution is 2.32. The van der Waals surface area contributed by atoms with Gasteiger partial charge in [0, 0.05) is 12.6 Å². The standard InChI is InChI=1S/C18H16F3NO/c19-13-5-3-4-12(10-13)17-6-1-2-9-22(17)18(23)15-8-7-14(20)11-16(15)21/h3-5,7-8,10-11,17H,1-2,6,9H2/t17-/m1/s1. The topological polar surface area (TPSA) is 20.3 Å². The monoisotopic (exact) mass is 319 g/mol. The average Bonchev–Trinajstić information content (AvgIpc) is 2.54. The number of hydrogen-bond acceptors (Lipinski definition) is 1. The summed E-state index contributed by atoms with van der Waals surface area (Å²) in [6, 6.07) is 8.74. The van der Waals surface area contributed by atoms with Gasteiger partial charge >= 0.3 is 0 Å². The molecule has 2 nitrogen and oxygen atoms in total. The maximum Gasteiger partial charge on any atom is 0.257 e. The molecule has 1 saturated heterocycles. The molecular weight excluding hydrogens is 303 g/mol. The van der Waals surface area contributed by atoms with Gasteiger partial charge in [0.2, 0.25) is 0 Å². The Morgan fingerprint density at radius 2 is 1.78 bits per heavy atom. The van der Waals surface area contributed by atoms with Crippen LogP contribution in [0, 0.1) is 17.5 Å². The van der Waals surface area contributed by atoms with E-state index >= 15 is 0 Å². The van der Waals surface area contributed by atoms with Crippen molar-refractivity contribution in [2.24, 2.45) is 0 Å². The van der Waals surface area contributed by atoms with Crippen LogP contribution in [0.1, 0.15) is 41.2 Å². The first-order chi connectivity index (χ1) is 11.1. The van der Waals surface area contributed by atoms with Crippen LogP contribution >= 0.6 is 0 Å². The number of benzene rings is 2. The van der Waals surface area contributed by atoms with Crippen molar-refractivity contribution in [3.8, 4) is 0 Å². The van der Waals surface area contributed by atoms with Crippen LogP contribution in [0.2, 0.25) is 0 Å². The molecule has 0 aliphatic carbocycles. The van der Waals surface area contributed by atoms with Gasteiger partial charge in [-0.15, -0.1) is 0 Å². The van der Waals surface area contributed by atoms with E-state index in [0.717, 1.165) is 25.0 Å². The van der Waals surface area contributed by atoms with E-state index in [1.807, 2.05) is 0 Å². The molecule has 2 aromatic carbocycles. The maximum absolute atomic E-state index is 13.9. The molecule has 0 unspecified atom stereocenters. The largest absolute Gasteiger partial charge is 0.332 e. The SMILES string of the molecule is O=C(c1ccc(F)cc1F)N1CCCC[C@@H]1c1cccc(F)c1. The lowest BCUT2D eigenvalue weighted by atomic mass is 9.94. The van der Waals surface area contributed by atoms with Crippen LogP contribution in [-0.4, -0.2) is 17.4 Å². The Labute approximate surface area is 132 Å². The second kappa shape index (κ2) is 6.44. The lowest BCUT2D eigenvalue weighted by Crippen LogP contribution is -2.39. The molecule has 1 aliphatic rings. The minimum atomic E-state index is -0.876. The average molecular weight is 319 g/mol. The van der Waals surface area contributed by atoms with Crippen molar-refractivity contribution in [3.05, 3.63) is 71.0 Å². The first-order valence-corrected chi connectivity index (χ1v) is 7.58. The maximum atomic E-state index is 13.9. The van der Waals surface area contributed by atoms with Crippen molar-refractivity contribution in [2.75, 3.05) is 6.54 Å². The minimum Gasteiger partial charge on any atom is -0.332 e. The summed E-state index contributed by atoms with van der Waals surface area (Å²) in [6.07, 6.45) is 2.41. The molecule has 2 aromatic rings. The normalized spacial score (nSPS) is 18.0. The predicted octanol–water partition coefficient (Wildman–Crippen LogP) is 4.47. The van der Waals surface area contributed by atoms with Crippen molar-refractivity contribution >= 4 is 5.91 Å². The van der Waals surface area contributed by atoms with Gasteiger partial charge in [-0.25, -0.2) is 13.2 Å². The summed E-state index contributed by atoms with van der Waals surface area (Å²) in [5.41, 5.74) is 0.537. The van der Waals surface area contributed by atoms with Gasteiger partial charge < -0.3 is 4.90 Å². The first-order valence-electron chi connectivity index (χ1n) is 7.58. The summed E-state index contributed by atoms with van der Waals surface area (Å²) in [4.78, 5) is 14.2. The molecule has 23 heavy (non-hydrogen) atoms. The highest BCUT2D eigenvalue weighted by atomic mass is 19.1. The number of carbonyl (C=O) groups excluding carboxylic acids is 1. The number of rotatable bonds is 2. The zero-order valence-corrected chi connectivity index (χ0v) is 12.4. The fourth-order valence-electron chi connectivity index (χ4n) is 3.05. The fourth-order valence-corrected chi connectivity index (χ4v) is 3.05. The van der Waals surface area contributed by atoms with Crippen LogP contribution in [-0.2, 0) is 0 Å². The van der Waals surface area contributed by atoms with Crippen LogP contribution in [0.3, 0.4) is 0 Å². The molecule has 0 aromatic heterocycles. The van der Waals surface area contributed by atoms with Crippen LogP contribution in [0.5, 0.6) is 0 Å². The molecule has 0 bridgehead atoms. The number of amides is 1. The quantitative estimate of drug-likeness (QED) is 0.799. The third kappa shape index (κ3) is 3.23. The van der Waals surface area contributed by atoms with Crippen molar-refractivity contribution in [1.82, 2.24) is 4.90 Å². The van der Waals surface area contributed by atoms with Gasteiger partial charge in [-0.3, -0.25) is 4.79 Å². The molecule has 0 N–H and O–H groups in total. The Hall–Kier alpha value is -2.30. The van der Waals surface area contributed by atoms with E-state index in [9.17, 15) is 18.0 Å². The Morgan fingerprint density at radius 3 is 2.52 bits per heavy atom. The van der Waals surface area contributed by atoms with Crippen molar-refractivity contribution < 1.29 is 18.0 Å². The number of hydrogen-bond donors (Lipinski definition) is 0. The number of likely N-dealkylation sites (tertiary alicyclic amines) is 1. The smallest absolute Gasteiger partial charge is 0.257 e. The van der Waals surface area contributed by atoms with Crippen LogP contribution in [0.4, 0.5) is 13.2 Å². The lowest BCUT2D eigenvalue weighted by Gasteiger charge is -2.36. The third-order valence-corrected chi connectivity index (χ3v) is 4.16. The van der Waals surface area contributed by atoms with Gasteiger partial charge in [-0.05, 0) is 49.1 Å². The number of piperidine rings is 1. The highest BCUT2D eigenvalue weighted by Gasteiger charge is 2.30. The highest BCUT2D eigenvalue weighted by molar-refractivity contribution is 5.94. The first kappa shape index (κ1) is 15.6. The Morgan fingerprint density at radius 1 is 1.00 bits per heavy atom. The van der Waals surface area contributed by atoms with Gasteiger partial charge in [-0.1, -0.05) is 12.1 Å². The molecule has 0 radical (unpaired) electrons. The lowest BCUT2D eigenvalue weighted by molar-refractivity contribution is 0.0606. The van der Waals surface area contributed by atoms with Crippen LogP contribution in [0.25, 0.3) is 0 Å². The molecule has 1 fully saturated rings. The summed E-state index contributed by atoms with van der Waals surface area (Å²) in [5.74, 6) is -2.46. The molecule has 5 heteroatoms. The molecule has 0 saturated carbocycles. The van der Waals surface area contributed by atoms with Crippen molar-refractivity contribution in [3.63, 3.8) is 0 Å². The van der Waals surface area contributed by atoms with E-state index in [-0.39, 0.29) is 17.4 Å². The third-order valence-electron chi connectivity index (χ3n) is 4.16. The molecule has 1 aliphatic heterocycles. The second-order valence-corrected chi connectivity index (χ2v) is 5.69. The van der Waals surface area contributed by atoms with E-state index < -0.39 is 17.5 Å². The zero-order chi connectivity index (χ0) is 16.4. The fraction of sp³-hybridized carbons (Fsp3) is 0.278. The van der Waals surface area contributed by atoms with Gasteiger partial charge in [-0.2, -0.15) is 0 Å². The Bertz CT molecular complexity index is 732. The molecule has 0 spiro atoms. The summed E-state index contributed by atoms with van der Waals surface area (Å²) in [7, 11) is 0. The van der Waals surface area contributed by atoms with Crippen LogP contribution < -0.4 is 0 Å². The van der Waals surface area contributed by atoms with E-state index in [4.69, 9.17) is 0 Å². The van der Waals surface area contributed by atoms with Crippen molar-refractivity contribution in [2.45, 2.75) is 25.3 Å². The summed E-state index contributed by atoms with van der Waals surface area (Å²) in [5, 5.41) is 0. The Balaban J connectivity index is 1.93. The molecule has 1 heterocycles. The number of nitrogens with zero attached hydrogens (tertiary/aromatic N) is 1. The van der Waals surface area contributed by atoms with Gasteiger partial charge in [0.1, 0.15) is 17.5 Å². The molecule has 1 atom stereocenters.